The third kappa shape index (κ3) is 3.18. The van der Waals surface area contributed by atoms with Crippen molar-refractivity contribution >= 4 is 15.7 Å². The minimum absolute atomic E-state index is 0.118. The van der Waals surface area contributed by atoms with Crippen LogP contribution in [-0.2, 0) is 29.3 Å². The van der Waals surface area contributed by atoms with Gasteiger partial charge in [0.2, 0.25) is 10.0 Å². The monoisotopic (exact) mass is 356 g/mol. The molecule has 25 heavy (non-hydrogen) atoms. The lowest BCUT2D eigenvalue weighted by Gasteiger charge is -2.27. The summed E-state index contributed by atoms with van der Waals surface area (Å²) in [7, 11) is -3.46. The summed E-state index contributed by atoms with van der Waals surface area (Å²) in [6.45, 7) is 3.43. The fourth-order valence-corrected chi connectivity index (χ4v) is 5.13. The molecule has 0 saturated carbocycles. The molecule has 1 atom stereocenters. The van der Waals surface area contributed by atoms with Gasteiger partial charge in [0.1, 0.15) is 0 Å². The molecule has 5 heteroatoms. The Morgan fingerprint density at radius 1 is 1.04 bits per heavy atom. The summed E-state index contributed by atoms with van der Waals surface area (Å²) in [6.07, 6.45) is 4.20. The van der Waals surface area contributed by atoms with Gasteiger partial charge in [-0.25, -0.2) is 13.1 Å². The molecule has 1 N–H and O–H groups in total. The van der Waals surface area contributed by atoms with Gasteiger partial charge in [-0.3, -0.25) is 0 Å². The van der Waals surface area contributed by atoms with E-state index in [0.717, 1.165) is 32.2 Å². The van der Waals surface area contributed by atoms with Crippen LogP contribution in [-0.4, -0.2) is 27.5 Å². The third-order valence-electron chi connectivity index (χ3n) is 5.40. The summed E-state index contributed by atoms with van der Waals surface area (Å²) < 4.78 is 28.1. The van der Waals surface area contributed by atoms with Gasteiger partial charge in [-0.1, -0.05) is 24.3 Å². The van der Waals surface area contributed by atoms with Crippen LogP contribution in [0, 0.1) is 0 Å². The van der Waals surface area contributed by atoms with Gasteiger partial charge in [0, 0.05) is 24.8 Å². The Morgan fingerprint density at radius 3 is 2.72 bits per heavy atom. The molecule has 0 radical (unpaired) electrons. The molecule has 1 aliphatic carbocycles. The van der Waals surface area contributed by atoms with Gasteiger partial charge in [-0.05, 0) is 67.5 Å². The number of nitrogens with one attached hydrogen (secondary N) is 1. The van der Waals surface area contributed by atoms with Crippen LogP contribution in [0.4, 0.5) is 5.69 Å². The number of anilines is 1. The first kappa shape index (κ1) is 16.6. The molecule has 0 fully saturated rings. The minimum Gasteiger partial charge on any atom is -0.367 e. The summed E-state index contributed by atoms with van der Waals surface area (Å²) in [5, 5.41) is 0. The molecule has 0 saturated heterocycles. The highest BCUT2D eigenvalue weighted by Crippen LogP contribution is 2.29. The predicted octanol–water partition coefficient (Wildman–Crippen LogP) is 2.90. The zero-order valence-corrected chi connectivity index (χ0v) is 15.3. The molecule has 0 amide bonds. The van der Waals surface area contributed by atoms with E-state index < -0.39 is 10.0 Å². The van der Waals surface area contributed by atoms with Crippen LogP contribution in [0.2, 0.25) is 0 Å². The van der Waals surface area contributed by atoms with Crippen molar-refractivity contribution in [2.75, 3.05) is 18.0 Å². The zero-order chi connectivity index (χ0) is 17.4. The van der Waals surface area contributed by atoms with Crippen molar-refractivity contribution in [2.24, 2.45) is 0 Å². The van der Waals surface area contributed by atoms with Crippen LogP contribution in [0.1, 0.15) is 30.0 Å². The largest absolute Gasteiger partial charge is 0.367 e. The Balaban J connectivity index is 1.45. The fourth-order valence-electron chi connectivity index (χ4n) is 3.96. The summed E-state index contributed by atoms with van der Waals surface area (Å²) in [4.78, 5) is 2.68. The molecule has 2 aliphatic rings. The molecule has 2 aromatic rings. The van der Waals surface area contributed by atoms with Gasteiger partial charge in [0.25, 0.3) is 0 Å². The van der Waals surface area contributed by atoms with Crippen molar-refractivity contribution < 1.29 is 8.42 Å². The van der Waals surface area contributed by atoms with Crippen molar-refractivity contribution in [1.82, 2.24) is 4.72 Å². The first-order valence-electron chi connectivity index (χ1n) is 9.00. The second-order valence-corrected chi connectivity index (χ2v) is 8.82. The maximum absolute atomic E-state index is 12.7. The Hall–Kier alpha value is -1.85. The van der Waals surface area contributed by atoms with E-state index in [1.54, 1.807) is 6.07 Å². The number of aryl methyl sites for hydroxylation is 2. The van der Waals surface area contributed by atoms with E-state index in [4.69, 9.17) is 0 Å². The van der Waals surface area contributed by atoms with E-state index in [0.29, 0.717) is 11.4 Å². The summed E-state index contributed by atoms with van der Waals surface area (Å²) >= 11 is 0. The smallest absolute Gasteiger partial charge is 0.240 e. The molecule has 1 unspecified atom stereocenters. The van der Waals surface area contributed by atoms with Crippen LogP contribution in [0.15, 0.2) is 47.4 Å². The summed E-state index contributed by atoms with van der Waals surface area (Å²) in [6, 6.07) is 14.0. The Morgan fingerprint density at radius 2 is 1.84 bits per heavy atom. The van der Waals surface area contributed by atoms with Crippen LogP contribution < -0.4 is 9.62 Å². The Kier molecular flexibility index (Phi) is 4.29. The van der Waals surface area contributed by atoms with E-state index in [1.165, 1.54) is 22.4 Å². The maximum Gasteiger partial charge on any atom is 0.240 e. The second-order valence-electron chi connectivity index (χ2n) is 7.06. The standard InChI is InChI=1S/C20H24N2O2S/c1-15(22-12-11-17-5-2-3-8-20(17)22)14-21-25(23,24)19-10-9-16-6-4-7-18(16)13-19/h2-3,5,8-10,13,15,21H,4,6-7,11-12,14H2,1H3. The molecule has 0 bridgehead atoms. The highest BCUT2D eigenvalue weighted by atomic mass is 32.2. The van der Waals surface area contributed by atoms with Crippen molar-refractivity contribution in [1.29, 1.82) is 0 Å². The SMILES string of the molecule is CC(CNS(=O)(=O)c1ccc2c(c1)CCC2)N1CCc2ccccc21. The predicted molar refractivity (Wildman–Crippen MR) is 101 cm³/mol. The number of nitrogens with zero attached hydrogens (tertiary/aromatic N) is 1. The van der Waals surface area contributed by atoms with Gasteiger partial charge in [0.05, 0.1) is 4.90 Å². The topological polar surface area (TPSA) is 49.4 Å². The van der Waals surface area contributed by atoms with Crippen LogP contribution in [0.3, 0.4) is 0 Å². The zero-order valence-electron chi connectivity index (χ0n) is 14.5. The molecule has 2 aromatic carbocycles. The first-order valence-corrected chi connectivity index (χ1v) is 10.5. The van der Waals surface area contributed by atoms with E-state index in [-0.39, 0.29) is 6.04 Å². The minimum atomic E-state index is -3.46. The number of hydrogen-bond acceptors (Lipinski definition) is 3. The van der Waals surface area contributed by atoms with E-state index in [9.17, 15) is 8.42 Å². The second kappa shape index (κ2) is 6.46. The first-order chi connectivity index (χ1) is 12.0. The number of benzene rings is 2. The van der Waals surface area contributed by atoms with Crippen LogP contribution >= 0.6 is 0 Å². The van der Waals surface area contributed by atoms with Gasteiger partial charge in [-0.2, -0.15) is 0 Å². The Bertz CT molecular complexity index is 892. The van der Waals surface area contributed by atoms with Crippen LogP contribution in [0.5, 0.6) is 0 Å². The molecule has 0 aromatic heterocycles. The molecule has 1 heterocycles. The molecular formula is C20H24N2O2S. The quantitative estimate of drug-likeness (QED) is 0.896. The van der Waals surface area contributed by atoms with Gasteiger partial charge < -0.3 is 4.90 Å². The van der Waals surface area contributed by atoms with E-state index in [2.05, 4.69) is 34.7 Å². The summed E-state index contributed by atoms with van der Waals surface area (Å²) in [5.74, 6) is 0. The van der Waals surface area contributed by atoms with Gasteiger partial charge in [-0.15, -0.1) is 0 Å². The fraction of sp³-hybridized carbons (Fsp3) is 0.400. The lowest BCUT2D eigenvalue weighted by molar-refractivity contribution is 0.566. The van der Waals surface area contributed by atoms with E-state index in [1.807, 2.05) is 18.2 Å². The van der Waals surface area contributed by atoms with Crippen molar-refractivity contribution in [2.45, 2.75) is 43.5 Å². The number of para-hydroxylation sites is 1. The average molecular weight is 356 g/mol. The van der Waals surface area contributed by atoms with Gasteiger partial charge >= 0.3 is 0 Å². The van der Waals surface area contributed by atoms with E-state index >= 15 is 0 Å². The molecule has 0 spiro atoms. The number of sulfonamides is 1. The molecule has 1 aliphatic heterocycles. The number of rotatable bonds is 5. The highest BCUT2D eigenvalue weighted by molar-refractivity contribution is 7.89. The molecule has 132 valence electrons. The Labute approximate surface area is 149 Å². The number of hydrogen-bond donors (Lipinski definition) is 1. The molecular weight excluding hydrogens is 332 g/mol. The average Bonchev–Trinajstić information content (AvgIpc) is 3.25. The van der Waals surface area contributed by atoms with Crippen molar-refractivity contribution in [3.8, 4) is 0 Å². The van der Waals surface area contributed by atoms with Crippen molar-refractivity contribution in [3.05, 3.63) is 59.2 Å². The third-order valence-corrected chi connectivity index (χ3v) is 6.83. The van der Waals surface area contributed by atoms with Gasteiger partial charge in [0.15, 0.2) is 0 Å². The lowest BCUT2D eigenvalue weighted by Crippen LogP contribution is -2.41. The maximum atomic E-state index is 12.7. The van der Waals surface area contributed by atoms with Crippen molar-refractivity contribution in [3.63, 3.8) is 0 Å². The van der Waals surface area contributed by atoms with Crippen LogP contribution in [0.25, 0.3) is 0 Å². The molecule has 4 nitrogen and oxygen atoms in total. The lowest BCUT2D eigenvalue weighted by atomic mass is 10.1. The summed E-state index contributed by atoms with van der Waals surface area (Å²) in [5.41, 5.74) is 5.05. The molecule has 4 rings (SSSR count). The normalized spacial score (nSPS) is 17.4. The highest BCUT2D eigenvalue weighted by Gasteiger charge is 2.25. The number of fused-ring (bicyclic) bond motifs is 2.